The Bertz CT molecular complexity index is 852. The SMILES string of the molecule is COc1ccc(C2=CC(=Cc3cccc(Cl)c3)C(=O)O2)c(OC)c1. The summed E-state index contributed by atoms with van der Waals surface area (Å²) in [6.07, 6.45) is 3.42. The van der Waals surface area contributed by atoms with E-state index in [1.807, 2.05) is 12.1 Å². The van der Waals surface area contributed by atoms with Crippen LogP contribution in [0.5, 0.6) is 11.5 Å². The Hall–Kier alpha value is -2.72. The lowest BCUT2D eigenvalue weighted by molar-refractivity contribution is -0.130. The third kappa shape index (κ3) is 3.29. The van der Waals surface area contributed by atoms with Gasteiger partial charge in [-0.3, -0.25) is 0 Å². The van der Waals surface area contributed by atoms with Gasteiger partial charge in [-0.2, -0.15) is 0 Å². The van der Waals surface area contributed by atoms with Crippen LogP contribution in [0, 0.1) is 0 Å². The largest absolute Gasteiger partial charge is 0.497 e. The Balaban J connectivity index is 1.97. The lowest BCUT2D eigenvalue weighted by atomic mass is 10.1. The Kier molecular flexibility index (Phi) is 4.58. The first-order valence-corrected chi connectivity index (χ1v) is 7.62. The van der Waals surface area contributed by atoms with Gasteiger partial charge in [-0.15, -0.1) is 0 Å². The van der Waals surface area contributed by atoms with Crippen LogP contribution in [0.3, 0.4) is 0 Å². The number of hydrogen-bond acceptors (Lipinski definition) is 4. The minimum atomic E-state index is -0.414. The van der Waals surface area contributed by atoms with Gasteiger partial charge in [-0.25, -0.2) is 4.79 Å². The van der Waals surface area contributed by atoms with Crippen LogP contribution in [0.25, 0.3) is 11.8 Å². The van der Waals surface area contributed by atoms with Gasteiger partial charge in [0.2, 0.25) is 0 Å². The van der Waals surface area contributed by atoms with E-state index in [9.17, 15) is 4.79 Å². The van der Waals surface area contributed by atoms with Crippen LogP contribution in [-0.4, -0.2) is 20.2 Å². The average Bonchev–Trinajstić information content (AvgIpc) is 2.94. The third-order valence-corrected chi connectivity index (χ3v) is 3.81. The number of rotatable bonds is 4. The highest BCUT2D eigenvalue weighted by Gasteiger charge is 2.24. The monoisotopic (exact) mass is 342 g/mol. The highest BCUT2D eigenvalue weighted by atomic mass is 35.5. The summed E-state index contributed by atoms with van der Waals surface area (Å²) < 4.78 is 15.9. The second-order valence-corrected chi connectivity index (χ2v) is 5.56. The molecule has 3 rings (SSSR count). The van der Waals surface area contributed by atoms with Gasteiger partial charge < -0.3 is 14.2 Å². The molecule has 24 heavy (non-hydrogen) atoms. The Labute approximate surface area is 144 Å². The van der Waals surface area contributed by atoms with Crippen LogP contribution in [0.15, 0.2) is 54.1 Å². The van der Waals surface area contributed by atoms with Gasteiger partial charge in [0, 0.05) is 11.1 Å². The molecule has 0 amide bonds. The molecule has 1 aliphatic heterocycles. The number of esters is 1. The van der Waals surface area contributed by atoms with Crippen molar-refractivity contribution >= 4 is 29.4 Å². The van der Waals surface area contributed by atoms with Crippen molar-refractivity contribution in [2.75, 3.05) is 14.2 Å². The van der Waals surface area contributed by atoms with Gasteiger partial charge in [0.05, 0.1) is 25.4 Å². The topological polar surface area (TPSA) is 44.8 Å². The molecule has 0 fully saturated rings. The number of benzene rings is 2. The lowest BCUT2D eigenvalue weighted by Gasteiger charge is -2.10. The van der Waals surface area contributed by atoms with E-state index in [1.54, 1.807) is 56.7 Å². The quantitative estimate of drug-likeness (QED) is 0.612. The molecule has 1 heterocycles. The van der Waals surface area contributed by atoms with Crippen LogP contribution >= 0.6 is 11.6 Å². The number of methoxy groups -OCH3 is 2. The van der Waals surface area contributed by atoms with Gasteiger partial charge in [0.25, 0.3) is 0 Å². The summed E-state index contributed by atoms with van der Waals surface area (Å²) >= 11 is 5.97. The van der Waals surface area contributed by atoms with E-state index >= 15 is 0 Å². The van der Waals surface area contributed by atoms with Crippen LogP contribution in [0.2, 0.25) is 5.02 Å². The third-order valence-electron chi connectivity index (χ3n) is 3.57. The maximum absolute atomic E-state index is 12.1. The van der Waals surface area contributed by atoms with E-state index in [-0.39, 0.29) is 0 Å². The molecule has 0 N–H and O–H groups in total. The van der Waals surface area contributed by atoms with E-state index in [0.29, 0.717) is 33.4 Å². The standard InChI is InChI=1S/C19H15ClO4/c1-22-15-6-7-16(17(11-15)23-2)18-10-13(19(21)24-18)8-12-4-3-5-14(20)9-12/h3-11H,1-2H3. The second kappa shape index (κ2) is 6.81. The molecule has 0 bridgehead atoms. The van der Waals surface area contributed by atoms with Crippen molar-refractivity contribution in [3.05, 3.63) is 70.3 Å². The highest BCUT2D eigenvalue weighted by Crippen LogP contribution is 2.35. The molecular weight excluding hydrogens is 328 g/mol. The van der Waals surface area contributed by atoms with Gasteiger partial charge in [-0.05, 0) is 42.0 Å². The minimum Gasteiger partial charge on any atom is -0.497 e. The van der Waals surface area contributed by atoms with E-state index in [0.717, 1.165) is 5.56 Å². The van der Waals surface area contributed by atoms with Crippen LogP contribution < -0.4 is 9.47 Å². The summed E-state index contributed by atoms with van der Waals surface area (Å²) in [6.45, 7) is 0. The van der Waals surface area contributed by atoms with Gasteiger partial charge in [-0.1, -0.05) is 23.7 Å². The Morgan fingerprint density at radius 1 is 1.08 bits per heavy atom. The van der Waals surface area contributed by atoms with Crippen molar-refractivity contribution < 1.29 is 19.0 Å². The molecule has 0 atom stereocenters. The molecule has 0 saturated heterocycles. The minimum absolute atomic E-state index is 0.414. The summed E-state index contributed by atoms with van der Waals surface area (Å²) in [4.78, 5) is 12.1. The first-order valence-electron chi connectivity index (χ1n) is 7.24. The molecule has 2 aromatic rings. The molecule has 5 heteroatoms. The smallest absolute Gasteiger partial charge is 0.343 e. The predicted molar refractivity (Wildman–Crippen MR) is 93.0 cm³/mol. The Morgan fingerprint density at radius 3 is 2.62 bits per heavy atom. The average molecular weight is 343 g/mol. The lowest BCUT2D eigenvalue weighted by Crippen LogP contribution is -1.98. The summed E-state index contributed by atoms with van der Waals surface area (Å²) in [5.74, 6) is 1.25. The molecule has 1 aliphatic rings. The zero-order valence-corrected chi connectivity index (χ0v) is 14.0. The van der Waals surface area contributed by atoms with Gasteiger partial charge in [0.1, 0.15) is 17.3 Å². The van der Waals surface area contributed by atoms with Crippen molar-refractivity contribution in [3.63, 3.8) is 0 Å². The predicted octanol–water partition coefficient (Wildman–Crippen LogP) is 4.34. The van der Waals surface area contributed by atoms with Crippen molar-refractivity contribution in [1.29, 1.82) is 0 Å². The van der Waals surface area contributed by atoms with Gasteiger partial charge in [0.15, 0.2) is 0 Å². The van der Waals surface area contributed by atoms with Crippen molar-refractivity contribution in [3.8, 4) is 11.5 Å². The first-order chi connectivity index (χ1) is 11.6. The van der Waals surface area contributed by atoms with E-state index in [2.05, 4.69) is 0 Å². The molecule has 0 radical (unpaired) electrons. The fourth-order valence-electron chi connectivity index (χ4n) is 2.40. The molecule has 0 spiro atoms. The second-order valence-electron chi connectivity index (χ2n) is 5.12. The van der Waals surface area contributed by atoms with E-state index in [1.165, 1.54) is 0 Å². The highest BCUT2D eigenvalue weighted by molar-refractivity contribution is 6.30. The van der Waals surface area contributed by atoms with Gasteiger partial charge >= 0.3 is 5.97 Å². The van der Waals surface area contributed by atoms with E-state index in [4.69, 9.17) is 25.8 Å². The number of carbonyl (C=O) groups excluding carboxylic acids is 1. The summed E-state index contributed by atoms with van der Waals surface area (Å²) in [5, 5.41) is 0.608. The zero-order valence-electron chi connectivity index (χ0n) is 13.2. The number of cyclic esters (lactones) is 1. The molecule has 0 aliphatic carbocycles. The molecule has 122 valence electrons. The summed E-state index contributed by atoms with van der Waals surface area (Å²) in [5.41, 5.74) is 1.96. The van der Waals surface area contributed by atoms with Crippen LogP contribution in [-0.2, 0) is 9.53 Å². The molecular formula is C19H15ClO4. The molecule has 2 aromatic carbocycles. The number of carbonyl (C=O) groups is 1. The number of hydrogen-bond donors (Lipinski definition) is 0. The summed E-state index contributed by atoms with van der Waals surface area (Å²) in [7, 11) is 3.13. The number of halogens is 1. The molecule has 4 nitrogen and oxygen atoms in total. The van der Waals surface area contributed by atoms with Crippen molar-refractivity contribution in [2.24, 2.45) is 0 Å². The fraction of sp³-hybridized carbons (Fsp3) is 0.105. The van der Waals surface area contributed by atoms with Crippen molar-refractivity contribution in [2.45, 2.75) is 0 Å². The van der Waals surface area contributed by atoms with E-state index < -0.39 is 5.97 Å². The first kappa shape index (κ1) is 16.1. The zero-order chi connectivity index (χ0) is 17.1. The molecule has 0 saturated carbocycles. The molecule has 0 aromatic heterocycles. The molecule has 0 unspecified atom stereocenters. The van der Waals surface area contributed by atoms with Crippen molar-refractivity contribution in [1.82, 2.24) is 0 Å². The fourth-order valence-corrected chi connectivity index (χ4v) is 2.60. The maximum Gasteiger partial charge on any atom is 0.343 e. The number of ether oxygens (including phenoxy) is 3. The summed E-state index contributed by atoms with van der Waals surface area (Å²) in [6, 6.07) is 12.6. The van der Waals surface area contributed by atoms with Crippen LogP contribution in [0.4, 0.5) is 0 Å². The normalized spacial score (nSPS) is 15.2. The Morgan fingerprint density at radius 2 is 1.92 bits per heavy atom. The van der Waals surface area contributed by atoms with Crippen LogP contribution in [0.1, 0.15) is 11.1 Å². The maximum atomic E-state index is 12.1.